The molecule has 3 rings (SSSR count). The molecule has 2 aromatic heterocycles. The third-order valence-corrected chi connectivity index (χ3v) is 4.64. The number of halogens is 1. The maximum Gasteiger partial charge on any atom is 0.229 e. The average molecular weight is 395 g/mol. The summed E-state index contributed by atoms with van der Waals surface area (Å²) in [6.07, 6.45) is 9.37. The van der Waals surface area contributed by atoms with Gasteiger partial charge in [0.05, 0.1) is 12.4 Å². The smallest absolute Gasteiger partial charge is 0.229 e. The zero-order valence-electron chi connectivity index (χ0n) is 16.9. The summed E-state index contributed by atoms with van der Waals surface area (Å²) < 4.78 is 19.4. The molecular weight excluding hydrogens is 369 g/mol. The van der Waals surface area contributed by atoms with Gasteiger partial charge in [-0.3, -0.25) is 0 Å². The second-order valence-electron chi connectivity index (χ2n) is 7.18. The van der Waals surface area contributed by atoms with Gasteiger partial charge >= 0.3 is 0 Å². The Morgan fingerprint density at radius 2 is 2.07 bits per heavy atom. The Morgan fingerprint density at radius 1 is 1.21 bits per heavy atom. The first-order valence-corrected chi connectivity index (χ1v) is 9.73. The number of hydrogen-bond donors (Lipinski definition) is 2. The minimum absolute atomic E-state index is 0.177. The average Bonchev–Trinajstić information content (AvgIpc) is 3.25. The van der Waals surface area contributed by atoms with Gasteiger partial charge in [0.25, 0.3) is 0 Å². The summed E-state index contributed by atoms with van der Waals surface area (Å²) >= 11 is 0. The van der Waals surface area contributed by atoms with Gasteiger partial charge in [0.2, 0.25) is 11.8 Å². The number of nitrogens with zero attached hydrogens (tertiary/aromatic N) is 3. The Balaban J connectivity index is 1.61. The highest BCUT2D eigenvalue weighted by molar-refractivity contribution is 5.64. The van der Waals surface area contributed by atoms with Crippen LogP contribution in [-0.4, -0.2) is 21.5 Å². The summed E-state index contributed by atoms with van der Waals surface area (Å²) in [5.74, 6) is 1.65. The number of allylic oxidation sites excluding steroid dienone is 1. The Morgan fingerprint density at radius 3 is 2.83 bits per heavy atom. The van der Waals surface area contributed by atoms with E-state index in [1.54, 1.807) is 6.20 Å². The summed E-state index contributed by atoms with van der Waals surface area (Å²) in [7, 11) is 0. The fraction of sp³-hybridized carbons (Fsp3) is 0.318. The molecule has 0 bridgehead atoms. The van der Waals surface area contributed by atoms with Crippen LogP contribution in [0.4, 0.5) is 21.8 Å². The Bertz CT molecular complexity index is 940. The van der Waals surface area contributed by atoms with Crippen molar-refractivity contribution >= 4 is 17.5 Å². The minimum atomic E-state index is -0.483. The molecule has 2 N–H and O–H groups in total. The molecule has 2 heterocycles. The second kappa shape index (κ2) is 9.82. The zero-order chi connectivity index (χ0) is 20.6. The molecule has 0 fully saturated rings. The number of benzene rings is 1. The van der Waals surface area contributed by atoms with E-state index in [1.165, 1.54) is 6.26 Å². The van der Waals surface area contributed by atoms with Crippen LogP contribution in [0.3, 0.4) is 0 Å². The number of oxazole rings is 1. The molecule has 1 aromatic carbocycles. The second-order valence-corrected chi connectivity index (χ2v) is 7.18. The number of aromatic nitrogens is 3. The largest absolute Gasteiger partial charge is 0.445 e. The quantitative estimate of drug-likeness (QED) is 0.359. The third-order valence-electron chi connectivity index (χ3n) is 4.64. The molecule has 0 spiro atoms. The van der Waals surface area contributed by atoms with Crippen LogP contribution < -0.4 is 10.6 Å². The van der Waals surface area contributed by atoms with Crippen LogP contribution in [0.5, 0.6) is 0 Å². The van der Waals surface area contributed by atoms with Crippen molar-refractivity contribution in [2.24, 2.45) is 11.8 Å². The Hall–Kier alpha value is -3.22. The van der Waals surface area contributed by atoms with E-state index in [1.807, 2.05) is 24.3 Å². The van der Waals surface area contributed by atoms with Crippen molar-refractivity contribution in [3.8, 4) is 11.5 Å². The molecule has 0 aliphatic heterocycles. The number of nitrogens with one attached hydrogen (secondary N) is 2. The van der Waals surface area contributed by atoms with Gasteiger partial charge in [0.1, 0.15) is 6.26 Å². The standard InChI is InChI=1S/C22H26FN5O/c1-15(2)16(3)7-4-5-10-24-20-19(23)14-26-22(28-20)27-18-9-6-8-17(13-18)21-25-11-12-29-21/h4,6-9,11-16H,5,10H2,1-3H3,(H2,24,26,27,28)/b7-4-/t16-/m0/s1. The lowest BCUT2D eigenvalue weighted by atomic mass is 9.97. The van der Waals surface area contributed by atoms with Gasteiger partial charge in [-0.05, 0) is 36.5 Å². The van der Waals surface area contributed by atoms with E-state index < -0.39 is 5.82 Å². The van der Waals surface area contributed by atoms with Gasteiger partial charge in [-0.1, -0.05) is 39.0 Å². The summed E-state index contributed by atoms with van der Waals surface area (Å²) in [4.78, 5) is 12.4. The maximum atomic E-state index is 14.0. The maximum absolute atomic E-state index is 14.0. The number of hydrogen-bond acceptors (Lipinski definition) is 6. The van der Waals surface area contributed by atoms with E-state index in [-0.39, 0.29) is 5.82 Å². The van der Waals surface area contributed by atoms with Crippen LogP contribution in [0.2, 0.25) is 0 Å². The fourth-order valence-electron chi connectivity index (χ4n) is 2.58. The van der Waals surface area contributed by atoms with Gasteiger partial charge < -0.3 is 15.1 Å². The lowest BCUT2D eigenvalue weighted by molar-refractivity contribution is 0.503. The van der Waals surface area contributed by atoms with Gasteiger partial charge in [0, 0.05) is 17.8 Å². The van der Waals surface area contributed by atoms with Crippen LogP contribution >= 0.6 is 0 Å². The highest BCUT2D eigenvalue weighted by Gasteiger charge is 2.08. The van der Waals surface area contributed by atoms with Crippen molar-refractivity contribution in [1.82, 2.24) is 15.0 Å². The summed E-state index contributed by atoms with van der Waals surface area (Å²) in [5.41, 5.74) is 1.58. The van der Waals surface area contributed by atoms with Crippen molar-refractivity contribution in [3.05, 3.63) is 60.9 Å². The van der Waals surface area contributed by atoms with Crippen molar-refractivity contribution in [3.63, 3.8) is 0 Å². The lowest BCUT2D eigenvalue weighted by Gasteiger charge is -2.10. The van der Waals surface area contributed by atoms with Gasteiger partial charge in [0.15, 0.2) is 11.6 Å². The summed E-state index contributed by atoms with van der Waals surface area (Å²) in [6.45, 7) is 7.17. The molecule has 7 heteroatoms. The molecule has 0 saturated heterocycles. The van der Waals surface area contributed by atoms with Crippen LogP contribution in [0.15, 0.2) is 59.5 Å². The molecule has 0 saturated carbocycles. The summed E-state index contributed by atoms with van der Waals surface area (Å²) in [5, 5.41) is 6.12. The Kier molecular flexibility index (Phi) is 6.94. The van der Waals surface area contributed by atoms with Crippen LogP contribution in [0.25, 0.3) is 11.5 Å². The topological polar surface area (TPSA) is 75.9 Å². The molecule has 0 aliphatic rings. The molecule has 1 atom stereocenters. The van der Waals surface area contributed by atoms with Crippen molar-refractivity contribution in [2.45, 2.75) is 27.2 Å². The van der Waals surface area contributed by atoms with E-state index >= 15 is 0 Å². The SMILES string of the molecule is CC(C)[C@@H](C)/C=C\CCNc1nc(Nc2cccc(-c3ncco3)c2)ncc1F. The van der Waals surface area contributed by atoms with Crippen LogP contribution in [0, 0.1) is 17.7 Å². The highest BCUT2D eigenvalue weighted by atomic mass is 19.1. The molecular formula is C22H26FN5O. The molecule has 29 heavy (non-hydrogen) atoms. The highest BCUT2D eigenvalue weighted by Crippen LogP contribution is 2.23. The Labute approximate surface area is 170 Å². The van der Waals surface area contributed by atoms with E-state index in [0.717, 1.165) is 23.9 Å². The lowest BCUT2D eigenvalue weighted by Crippen LogP contribution is -2.08. The minimum Gasteiger partial charge on any atom is -0.445 e. The van der Waals surface area contributed by atoms with E-state index in [4.69, 9.17) is 4.42 Å². The monoisotopic (exact) mass is 395 g/mol. The molecule has 0 unspecified atom stereocenters. The molecule has 0 radical (unpaired) electrons. The third kappa shape index (κ3) is 5.88. The summed E-state index contributed by atoms with van der Waals surface area (Å²) in [6, 6.07) is 7.50. The van der Waals surface area contributed by atoms with E-state index in [0.29, 0.717) is 30.2 Å². The van der Waals surface area contributed by atoms with Gasteiger partial charge in [-0.25, -0.2) is 14.4 Å². The molecule has 6 nitrogen and oxygen atoms in total. The normalized spacial score (nSPS) is 12.4. The van der Waals surface area contributed by atoms with Gasteiger partial charge in [-0.2, -0.15) is 4.98 Å². The first-order valence-electron chi connectivity index (χ1n) is 9.73. The molecule has 3 aromatic rings. The number of anilines is 3. The predicted molar refractivity (Wildman–Crippen MR) is 113 cm³/mol. The molecule has 0 aliphatic carbocycles. The fourth-order valence-corrected chi connectivity index (χ4v) is 2.58. The zero-order valence-corrected chi connectivity index (χ0v) is 16.9. The van der Waals surface area contributed by atoms with E-state index in [2.05, 4.69) is 58.5 Å². The van der Waals surface area contributed by atoms with Crippen molar-refractivity contribution in [1.29, 1.82) is 0 Å². The first kappa shape index (κ1) is 20.5. The number of rotatable bonds is 9. The first-order chi connectivity index (χ1) is 14.0. The van der Waals surface area contributed by atoms with Crippen LogP contribution in [0.1, 0.15) is 27.2 Å². The molecule has 0 amide bonds. The molecule has 152 valence electrons. The van der Waals surface area contributed by atoms with Crippen LogP contribution in [-0.2, 0) is 0 Å². The van der Waals surface area contributed by atoms with Gasteiger partial charge in [-0.15, -0.1) is 0 Å². The predicted octanol–water partition coefficient (Wildman–Crippen LogP) is 5.66. The van der Waals surface area contributed by atoms with Crippen molar-refractivity contribution in [2.75, 3.05) is 17.2 Å². The van der Waals surface area contributed by atoms with E-state index in [9.17, 15) is 4.39 Å². The van der Waals surface area contributed by atoms with Crippen molar-refractivity contribution < 1.29 is 8.81 Å².